The molecule has 0 spiro atoms. The number of carbonyl (C=O) groups is 1. The van der Waals surface area contributed by atoms with Crippen LogP contribution in [0.3, 0.4) is 0 Å². The number of rotatable bonds is 3. The van der Waals surface area contributed by atoms with Crippen molar-refractivity contribution in [1.82, 2.24) is 15.3 Å². The average molecular weight is 385 g/mol. The lowest BCUT2D eigenvalue weighted by atomic mass is 10.2. The summed E-state index contributed by atoms with van der Waals surface area (Å²) in [5.74, 6) is -0.705. The van der Waals surface area contributed by atoms with Gasteiger partial charge in [0.05, 0.1) is 33.4 Å². The number of hydrogen-bond donors (Lipinski definition) is 1. The highest BCUT2D eigenvalue weighted by molar-refractivity contribution is 6.39. The molecule has 23 heavy (non-hydrogen) atoms. The molecule has 1 N–H and O–H groups in total. The minimum absolute atomic E-state index is 0.0607. The monoisotopic (exact) mass is 383 g/mol. The van der Waals surface area contributed by atoms with Gasteiger partial charge in [0, 0.05) is 12.4 Å². The van der Waals surface area contributed by atoms with Crippen molar-refractivity contribution in [1.29, 1.82) is 0 Å². The van der Waals surface area contributed by atoms with Crippen molar-refractivity contribution in [2.24, 2.45) is 0 Å². The van der Waals surface area contributed by atoms with Crippen LogP contribution < -0.4 is 5.32 Å². The third kappa shape index (κ3) is 4.04. The van der Waals surface area contributed by atoms with E-state index in [0.717, 1.165) is 12.3 Å². The molecule has 122 valence electrons. The molecular formula is C13H7Cl3F3N3O. The van der Waals surface area contributed by atoms with Crippen LogP contribution in [0.1, 0.15) is 21.6 Å². The van der Waals surface area contributed by atoms with Crippen LogP contribution in [0.25, 0.3) is 0 Å². The highest BCUT2D eigenvalue weighted by Crippen LogP contribution is 2.35. The van der Waals surface area contributed by atoms with Crippen molar-refractivity contribution in [3.8, 4) is 0 Å². The van der Waals surface area contributed by atoms with Gasteiger partial charge in [0.1, 0.15) is 5.15 Å². The molecule has 0 saturated carbocycles. The molecule has 0 aliphatic rings. The minimum atomic E-state index is -4.62. The fraction of sp³-hybridized carbons (Fsp3) is 0.154. The summed E-state index contributed by atoms with van der Waals surface area (Å²) in [5, 5.41) is 1.71. The van der Waals surface area contributed by atoms with Gasteiger partial charge in [0.25, 0.3) is 5.91 Å². The zero-order chi connectivity index (χ0) is 17.2. The lowest BCUT2D eigenvalue weighted by Gasteiger charge is -2.12. The van der Waals surface area contributed by atoms with Gasteiger partial charge in [-0.25, -0.2) is 4.98 Å². The van der Waals surface area contributed by atoms with Gasteiger partial charge in [0.15, 0.2) is 0 Å². The molecule has 4 nitrogen and oxygen atoms in total. The molecule has 0 atom stereocenters. The first-order valence-electron chi connectivity index (χ1n) is 6.00. The van der Waals surface area contributed by atoms with E-state index in [0.29, 0.717) is 0 Å². The second-order valence-corrected chi connectivity index (χ2v) is 5.40. The first-order valence-corrected chi connectivity index (χ1v) is 7.14. The molecule has 1 amide bonds. The first kappa shape index (κ1) is 17.8. The van der Waals surface area contributed by atoms with E-state index < -0.39 is 22.7 Å². The van der Waals surface area contributed by atoms with Crippen LogP contribution in [0, 0.1) is 0 Å². The SMILES string of the molecule is O=C(NCc1nccc(C(F)(F)F)c1Cl)c1c(Cl)ccnc1Cl. The lowest BCUT2D eigenvalue weighted by molar-refractivity contribution is -0.137. The Morgan fingerprint density at radius 3 is 2.39 bits per heavy atom. The largest absolute Gasteiger partial charge is 0.417 e. The first-order chi connectivity index (χ1) is 10.7. The standard InChI is InChI=1S/C13H7Cl3F3N3O/c14-7-2-4-21-11(16)9(7)12(23)22-5-8-10(15)6(1-3-20-8)13(17,18)19/h1-4H,5H2,(H,22,23). The van der Waals surface area contributed by atoms with Gasteiger partial charge in [0.2, 0.25) is 0 Å². The number of pyridine rings is 2. The van der Waals surface area contributed by atoms with E-state index in [1.165, 1.54) is 12.3 Å². The molecule has 0 saturated heterocycles. The van der Waals surface area contributed by atoms with Crippen molar-refractivity contribution in [3.63, 3.8) is 0 Å². The predicted octanol–water partition coefficient (Wildman–Crippen LogP) is 4.39. The molecule has 0 aliphatic carbocycles. The van der Waals surface area contributed by atoms with Gasteiger partial charge >= 0.3 is 6.18 Å². The number of nitrogens with one attached hydrogen (secondary N) is 1. The van der Waals surface area contributed by atoms with E-state index in [-0.39, 0.29) is 28.0 Å². The van der Waals surface area contributed by atoms with Crippen molar-refractivity contribution >= 4 is 40.7 Å². The molecule has 0 fully saturated rings. The van der Waals surface area contributed by atoms with Crippen LogP contribution in [0.2, 0.25) is 15.2 Å². The maximum Gasteiger partial charge on any atom is 0.417 e. The highest BCUT2D eigenvalue weighted by atomic mass is 35.5. The summed E-state index contributed by atoms with van der Waals surface area (Å²) in [4.78, 5) is 19.5. The molecule has 0 aromatic carbocycles. The normalized spacial score (nSPS) is 11.4. The number of hydrogen-bond acceptors (Lipinski definition) is 3. The predicted molar refractivity (Wildman–Crippen MR) is 79.7 cm³/mol. The summed E-state index contributed by atoms with van der Waals surface area (Å²) in [5.41, 5.74) is -1.25. The average Bonchev–Trinajstić information content (AvgIpc) is 2.44. The van der Waals surface area contributed by atoms with E-state index in [4.69, 9.17) is 34.8 Å². The Bertz CT molecular complexity index is 733. The third-order valence-electron chi connectivity index (χ3n) is 2.76. The Kier molecular flexibility index (Phi) is 5.33. The molecule has 2 aromatic heterocycles. The van der Waals surface area contributed by atoms with Crippen LogP contribution in [0.15, 0.2) is 24.5 Å². The highest BCUT2D eigenvalue weighted by Gasteiger charge is 2.34. The van der Waals surface area contributed by atoms with Gasteiger partial charge < -0.3 is 5.32 Å². The van der Waals surface area contributed by atoms with Gasteiger partial charge in [-0.3, -0.25) is 9.78 Å². The van der Waals surface area contributed by atoms with Crippen molar-refractivity contribution in [2.75, 3.05) is 0 Å². The molecule has 0 radical (unpaired) electrons. The Morgan fingerprint density at radius 2 is 1.78 bits per heavy atom. The topological polar surface area (TPSA) is 54.9 Å². The maximum absolute atomic E-state index is 12.8. The lowest BCUT2D eigenvalue weighted by Crippen LogP contribution is -2.25. The minimum Gasteiger partial charge on any atom is -0.346 e. The van der Waals surface area contributed by atoms with Crippen molar-refractivity contribution < 1.29 is 18.0 Å². The van der Waals surface area contributed by atoms with Gasteiger partial charge in [-0.2, -0.15) is 13.2 Å². The van der Waals surface area contributed by atoms with Crippen LogP contribution >= 0.6 is 34.8 Å². The number of alkyl halides is 3. The van der Waals surface area contributed by atoms with E-state index in [1.54, 1.807) is 0 Å². The van der Waals surface area contributed by atoms with Crippen LogP contribution in [0.5, 0.6) is 0 Å². The van der Waals surface area contributed by atoms with Crippen LogP contribution in [0.4, 0.5) is 13.2 Å². The fourth-order valence-corrected chi connectivity index (χ4v) is 2.51. The third-order valence-corrected chi connectivity index (χ3v) is 3.79. The molecule has 10 heteroatoms. The smallest absolute Gasteiger partial charge is 0.346 e. The summed E-state index contributed by atoms with van der Waals surface area (Å²) >= 11 is 17.3. The molecule has 2 rings (SSSR count). The molecule has 0 bridgehead atoms. The quantitative estimate of drug-likeness (QED) is 0.799. The second-order valence-electron chi connectivity index (χ2n) is 4.26. The summed E-state index contributed by atoms with van der Waals surface area (Å²) in [6, 6.07) is 2.11. The van der Waals surface area contributed by atoms with E-state index >= 15 is 0 Å². The summed E-state index contributed by atoms with van der Waals surface area (Å²) in [6.45, 7) is -0.330. The molecule has 0 aliphatic heterocycles. The van der Waals surface area contributed by atoms with Crippen molar-refractivity contribution in [3.05, 3.63) is 56.5 Å². The van der Waals surface area contributed by atoms with Gasteiger partial charge in [-0.15, -0.1) is 0 Å². The zero-order valence-electron chi connectivity index (χ0n) is 11.1. The number of aromatic nitrogens is 2. The Morgan fingerprint density at radius 1 is 1.13 bits per heavy atom. The van der Waals surface area contributed by atoms with Crippen LogP contribution in [-0.4, -0.2) is 15.9 Å². The molecule has 2 heterocycles. The maximum atomic E-state index is 12.8. The summed E-state index contributed by atoms with van der Waals surface area (Å²) in [6.07, 6.45) is -2.35. The Labute approximate surface area is 143 Å². The second kappa shape index (κ2) is 6.90. The van der Waals surface area contributed by atoms with Crippen LogP contribution in [-0.2, 0) is 12.7 Å². The molecular weight excluding hydrogens is 378 g/mol. The Balaban J connectivity index is 2.20. The Hall–Kier alpha value is -1.57. The number of amides is 1. The number of halogens is 6. The zero-order valence-corrected chi connectivity index (χ0v) is 13.4. The number of nitrogens with zero attached hydrogens (tertiary/aromatic N) is 2. The molecule has 0 unspecified atom stereocenters. The van der Waals surface area contributed by atoms with E-state index in [9.17, 15) is 18.0 Å². The van der Waals surface area contributed by atoms with Gasteiger partial charge in [-0.05, 0) is 12.1 Å². The summed E-state index contributed by atoms with van der Waals surface area (Å²) < 4.78 is 38.3. The summed E-state index contributed by atoms with van der Waals surface area (Å²) in [7, 11) is 0. The van der Waals surface area contributed by atoms with E-state index in [1.807, 2.05) is 0 Å². The fourth-order valence-electron chi connectivity index (χ4n) is 1.70. The number of carbonyl (C=O) groups excluding carboxylic acids is 1. The van der Waals surface area contributed by atoms with Crippen molar-refractivity contribution in [2.45, 2.75) is 12.7 Å². The molecule has 2 aromatic rings. The van der Waals surface area contributed by atoms with E-state index in [2.05, 4.69) is 15.3 Å². The van der Waals surface area contributed by atoms with Gasteiger partial charge in [-0.1, -0.05) is 34.8 Å².